The third-order valence-corrected chi connectivity index (χ3v) is 6.51. The smallest absolute Gasteiger partial charge is 0.402 e. The summed E-state index contributed by atoms with van der Waals surface area (Å²) >= 11 is 0. The van der Waals surface area contributed by atoms with Gasteiger partial charge in [0, 0.05) is 12.4 Å². The maximum absolute atomic E-state index is 12.4. The maximum atomic E-state index is 12.4. The molecule has 2 unspecified atom stereocenters. The predicted molar refractivity (Wildman–Crippen MR) is 122 cm³/mol. The minimum absolute atomic E-state index is 0.264. The average Bonchev–Trinajstić information content (AvgIpc) is 2.82. The van der Waals surface area contributed by atoms with E-state index in [1.807, 2.05) is 12.1 Å². The normalized spacial score (nSPS) is 13.9. The minimum Gasteiger partial charge on any atom is -0.488 e. The fourth-order valence-electron chi connectivity index (χ4n) is 3.22. The van der Waals surface area contributed by atoms with Crippen LogP contribution in [0.1, 0.15) is 18.9 Å². The summed E-state index contributed by atoms with van der Waals surface area (Å²) in [5.74, 6) is 0.521. The monoisotopic (exact) mass is 494 g/mol. The zero-order valence-corrected chi connectivity index (χ0v) is 19.2. The van der Waals surface area contributed by atoms with Crippen LogP contribution in [0.5, 0.6) is 5.75 Å². The molecule has 0 aliphatic carbocycles. The van der Waals surface area contributed by atoms with Gasteiger partial charge in [-0.15, -0.1) is 0 Å². The van der Waals surface area contributed by atoms with Crippen LogP contribution in [-0.4, -0.2) is 43.4 Å². The van der Waals surface area contributed by atoms with Crippen molar-refractivity contribution in [3.05, 3.63) is 78.6 Å². The first kappa shape index (κ1) is 25.7. The molecule has 0 spiro atoms. The van der Waals surface area contributed by atoms with Gasteiger partial charge in [-0.25, -0.2) is 13.1 Å². The molecule has 10 heteroatoms. The number of rotatable bonds is 10. The summed E-state index contributed by atoms with van der Waals surface area (Å²) in [4.78, 5) is 3.79. The Kier molecular flexibility index (Phi) is 8.29. The summed E-state index contributed by atoms with van der Waals surface area (Å²) in [6, 6.07) is 16.2. The number of nitrogens with one attached hydrogen (secondary N) is 1. The summed E-state index contributed by atoms with van der Waals surface area (Å²) < 4.78 is 68.9. The number of ether oxygens (including phenoxy) is 1. The number of aliphatic hydroxyl groups is 1. The number of nitrogens with zero attached hydrogens (tertiary/aromatic N) is 1. The van der Waals surface area contributed by atoms with Gasteiger partial charge in [0.25, 0.3) is 0 Å². The van der Waals surface area contributed by atoms with Crippen LogP contribution < -0.4 is 9.46 Å². The average molecular weight is 495 g/mol. The molecular weight excluding hydrogens is 469 g/mol. The highest BCUT2D eigenvalue weighted by Crippen LogP contribution is 2.26. The number of aliphatic hydroxyl groups excluding tert-OH is 1. The summed E-state index contributed by atoms with van der Waals surface area (Å²) in [7, 11) is -4.31. The Bertz CT molecular complexity index is 1170. The fraction of sp³-hybridized carbons (Fsp3) is 0.292. The van der Waals surface area contributed by atoms with Crippen molar-refractivity contribution < 1.29 is 31.4 Å². The number of sulfonamides is 1. The quantitative estimate of drug-likeness (QED) is 0.438. The van der Waals surface area contributed by atoms with E-state index < -0.39 is 35.0 Å². The van der Waals surface area contributed by atoms with Crippen LogP contribution >= 0.6 is 0 Å². The highest BCUT2D eigenvalue weighted by atomic mass is 32.2. The number of benzene rings is 2. The summed E-state index contributed by atoms with van der Waals surface area (Å²) in [5.41, 5.74) is 2.20. The number of aryl methyl sites for hydroxylation is 1. The molecule has 0 radical (unpaired) electrons. The molecular formula is C24H25F3N2O4S. The van der Waals surface area contributed by atoms with Crippen LogP contribution in [0.3, 0.4) is 0 Å². The lowest BCUT2D eigenvalue weighted by Crippen LogP contribution is -2.33. The van der Waals surface area contributed by atoms with Gasteiger partial charge in [-0.1, -0.05) is 30.3 Å². The SMILES string of the molecule is CC(Oc1ccc(-c2cccc(S(=O)(=O)NCC(F)(F)F)c2)cc1)C(O)CCc1cccnc1. The topological polar surface area (TPSA) is 88.5 Å². The molecule has 0 amide bonds. The van der Waals surface area contributed by atoms with Gasteiger partial charge in [-0.2, -0.15) is 13.2 Å². The first-order valence-corrected chi connectivity index (χ1v) is 12.0. The van der Waals surface area contributed by atoms with Gasteiger partial charge >= 0.3 is 6.18 Å². The number of hydrogen-bond donors (Lipinski definition) is 2. The standard InChI is InChI=1S/C24H25F3N2O4S/c1-17(23(30)12-7-18-4-3-13-28-15-18)33-21-10-8-19(9-11-21)20-5-2-6-22(14-20)34(31,32)29-16-24(25,26)27/h2-6,8-11,13-15,17,23,29-30H,7,12,16H2,1H3. The predicted octanol–water partition coefficient (Wildman–Crippen LogP) is 4.35. The molecule has 2 atom stereocenters. The number of aromatic nitrogens is 1. The molecule has 0 saturated carbocycles. The zero-order chi connectivity index (χ0) is 24.8. The lowest BCUT2D eigenvalue weighted by atomic mass is 10.0. The summed E-state index contributed by atoms with van der Waals surface area (Å²) in [5, 5.41) is 10.4. The molecule has 34 heavy (non-hydrogen) atoms. The van der Waals surface area contributed by atoms with Crippen LogP contribution in [0.25, 0.3) is 11.1 Å². The molecule has 0 aliphatic heterocycles. The molecule has 1 heterocycles. The first-order chi connectivity index (χ1) is 16.0. The summed E-state index contributed by atoms with van der Waals surface area (Å²) in [6.45, 7) is 0.127. The Morgan fingerprint density at radius 3 is 2.44 bits per heavy atom. The van der Waals surface area contributed by atoms with Gasteiger partial charge in [0.15, 0.2) is 0 Å². The van der Waals surface area contributed by atoms with E-state index in [-0.39, 0.29) is 4.90 Å². The Morgan fingerprint density at radius 1 is 1.06 bits per heavy atom. The zero-order valence-electron chi connectivity index (χ0n) is 18.4. The van der Waals surface area contributed by atoms with Gasteiger partial charge in [-0.3, -0.25) is 4.98 Å². The third-order valence-electron chi connectivity index (χ3n) is 5.11. The van der Waals surface area contributed by atoms with E-state index in [1.54, 1.807) is 54.4 Å². The fourth-order valence-corrected chi connectivity index (χ4v) is 4.28. The first-order valence-electron chi connectivity index (χ1n) is 10.5. The number of alkyl halides is 3. The molecule has 182 valence electrons. The second kappa shape index (κ2) is 11.0. The molecule has 0 saturated heterocycles. The second-order valence-electron chi connectivity index (χ2n) is 7.78. The van der Waals surface area contributed by atoms with Crippen molar-refractivity contribution in [2.45, 2.75) is 43.0 Å². The molecule has 0 bridgehead atoms. The maximum Gasteiger partial charge on any atom is 0.402 e. The molecule has 3 rings (SSSR count). The largest absolute Gasteiger partial charge is 0.488 e. The van der Waals surface area contributed by atoms with Crippen LogP contribution in [0.4, 0.5) is 13.2 Å². The van der Waals surface area contributed by atoms with Crippen molar-refractivity contribution in [2.75, 3.05) is 6.54 Å². The van der Waals surface area contributed by atoms with Gasteiger partial charge in [-0.05, 0) is 66.8 Å². The highest BCUT2D eigenvalue weighted by molar-refractivity contribution is 7.89. The highest BCUT2D eigenvalue weighted by Gasteiger charge is 2.30. The Hall–Kier alpha value is -2.95. The van der Waals surface area contributed by atoms with Crippen LogP contribution in [0.2, 0.25) is 0 Å². The Labute approximate surface area is 196 Å². The lowest BCUT2D eigenvalue weighted by molar-refractivity contribution is -0.121. The number of hydrogen-bond acceptors (Lipinski definition) is 5. The van der Waals surface area contributed by atoms with E-state index in [2.05, 4.69) is 4.98 Å². The summed E-state index contributed by atoms with van der Waals surface area (Å²) in [6.07, 6.45) is -1.18. The van der Waals surface area contributed by atoms with Crippen molar-refractivity contribution in [2.24, 2.45) is 0 Å². The number of halogens is 3. The third kappa shape index (κ3) is 7.54. The van der Waals surface area contributed by atoms with E-state index in [0.29, 0.717) is 29.7 Å². The van der Waals surface area contributed by atoms with E-state index >= 15 is 0 Å². The lowest BCUT2D eigenvalue weighted by Gasteiger charge is -2.20. The van der Waals surface area contributed by atoms with Gasteiger partial charge < -0.3 is 9.84 Å². The van der Waals surface area contributed by atoms with Crippen LogP contribution in [0.15, 0.2) is 78.0 Å². The molecule has 3 aromatic rings. The van der Waals surface area contributed by atoms with Crippen molar-refractivity contribution in [3.63, 3.8) is 0 Å². The molecule has 2 aromatic carbocycles. The van der Waals surface area contributed by atoms with E-state index in [0.717, 1.165) is 5.56 Å². The van der Waals surface area contributed by atoms with E-state index in [9.17, 15) is 26.7 Å². The molecule has 0 aliphatic rings. The van der Waals surface area contributed by atoms with Crippen LogP contribution in [0, 0.1) is 0 Å². The van der Waals surface area contributed by atoms with E-state index in [1.165, 1.54) is 18.2 Å². The van der Waals surface area contributed by atoms with E-state index in [4.69, 9.17) is 4.74 Å². The van der Waals surface area contributed by atoms with Gasteiger partial charge in [0.05, 0.1) is 11.0 Å². The van der Waals surface area contributed by atoms with Crippen molar-refractivity contribution in [1.82, 2.24) is 9.71 Å². The molecule has 2 N–H and O–H groups in total. The molecule has 1 aromatic heterocycles. The number of pyridine rings is 1. The second-order valence-corrected chi connectivity index (χ2v) is 9.55. The Morgan fingerprint density at radius 2 is 1.79 bits per heavy atom. The van der Waals surface area contributed by atoms with Crippen molar-refractivity contribution >= 4 is 10.0 Å². The van der Waals surface area contributed by atoms with Gasteiger partial charge in [0.2, 0.25) is 10.0 Å². The van der Waals surface area contributed by atoms with Crippen LogP contribution in [-0.2, 0) is 16.4 Å². The molecule has 6 nitrogen and oxygen atoms in total. The van der Waals surface area contributed by atoms with Crippen molar-refractivity contribution in [1.29, 1.82) is 0 Å². The minimum atomic E-state index is -4.65. The van der Waals surface area contributed by atoms with Crippen molar-refractivity contribution in [3.8, 4) is 16.9 Å². The Balaban J connectivity index is 1.62. The molecule has 0 fully saturated rings. The van der Waals surface area contributed by atoms with Gasteiger partial charge in [0.1, 0.15) is 18.4 Å².